The van der Waals surface area contributed by atoms with Crippen molar-refractivity contribution < 1.29 is 25.3 Å². The van der Waals surface area contributed by atoms with Gasteiger partial charge in [-0.3, -0.25) is 0 Å². The van der Waals surface area contributed by atoms with E-state index in [0.29, 0.717) is 0 Å². The largest absolute Gasteiger partial charge is 0.262 e. The zero-order valence-electron chi connectivity index (χ0n) is 7.87. The van der Waals surface area contributed by atoms with E-state index < -0.39 is 38.8 Å². The predicted molar refractivity (Wildman–Crippen MR) is 53.3 cm³/mol. The lowest BCUT2D eigenvalue weighted by Crippen LogP contribution is -2.61. The van der Waals surface area contributed by atoms with Crippen molar-refractivity contribution in [3.63, 3.8) is 0 Å². The van der Waals surface area contributed by atoms with Crippen molar-refractivity contribution in [2.24, 2.45) is 5.41 Å². The summed E-state index contributed by atoms with van der Waals surface area (Å²) in [4.78, 5) is 0. The highest BCUT2D eigenvalue weighted by atomic mass is 32.3. The summed E-state index contributed by atoms with van der Waals surface area (Å²) in [5.41, 5.74) is -1.18. The van der Waals surface area contributed by atoms with Crippen molar-refractivity contribution in [1.82, 2.24) is 0 Å². The van der Waals surface area contributed by atoms with Crippen LogP contribution in [0.25, 0.3) is 0 Å². The molecule has 15 heavy (non-hydrogen) atoms. The maximum Gasteiger partial charge on any atom is 0.262 e. The fourth-order valence-electron chi connectivity index (χ4n) is 2.46. The number of fused-ring (bicyclic) bond motifs is 3. The van der Waals surface area contributed by atoms with Gasteiger partial charge in [0.2, 0.25) is 0 Å². The second-order valence-corrected chi connectivity index (χ2v) is 11.7. The van der Waals surface area contributed by atoms with Crippen LogP contribution in [0.3, 0.4) is 0 Å². The first kappa shape index (κ1) is 11.3. The smallest absolute Gasteiger partial charge is 0.226 e. The topological polar surface area (TPSA) is 102 Å². The fourth-order valence-corrected chi connectivity index (χ4v) is 13.4. The maximum atomic E-state index is 11.5. The molecule has 3 aliphatic rings. The molecule has 6 nitrogen and oxygen atoms in total. The molecular formula is C6H10O6S3. The number of hydrogen-bond acceptors (Lipinski definition) is 6. The minimum atomic E-state index is -4.07. The van der Waals surface area contributed by atoms with E-state index in [1.807, 2.05) is 0 Å². The van der Waals surface area contributed by atoms with E-state index in [1.54, 1.807) is 0 Å². The third-order valence-electron chi connectivity index (χ3n) is 2.53. The van der Waals surface area contributed by atoms with Gasteiger partial charge >= 0.3 is 0 Å². The van der Waals surface area contributed by atoms with Gasteiger partial charge in [-0.15, -0.1) is 0 Å². The average Bonchev–Trinajstić information content (AvgIpc) is 1.67. The van der Waals surface area contributed by atoms with Gasteiger partial charge in [-0.2, -0.15) is 0 Å². The minimum absolute atomic E-state index is 0.358. The maximum absolute atomic E-state index is 11.5. The molecule has 9 heteroatoms. The monoisotopic (exact) mass is 274 g/mol. The quantitative estimate of drug-likeness (QED) is 0.535. The molecule has 3 saturated heterocycles. The van der Waals surface area contributed by atoms with Gasteiger partial charge in [-0.25, -0.2) is 25.3 Å². The van der Waals surface area contributed by atoms with Gasteiger partial charge in [0.1, 0.15) is 0 Å². The van der Waals surface area contributed by atoms with Crippen LogP contribution < -0.4 is 0 Å². The van der Waals surface area contributed by atoms with Crippen molar-refractivity contribution in [2.75, 3.05) is 17.3 Å². The zero-order chi connectivity index (χ0) is 11.7. The summed E-state index contributed by atoms with van der Waals surface area (Å²) in [5.74, 6) is -1.07. The van der Waals surface area contributed by atoms with E-state index >= 15 is 0 Å². The molecule has 0 spiro atoms. The van der Waals surface area contributed by atoms with Crippen molar-refractivity contribution in [2.45, 2.75) is 10.8 Å². The van der Waals surface area contributed by atoms with Crippen molar-refractivity contribution in [3.8, 4) is 0 Å². The third-order valence-corrected chi connectivity index (χ3v) is 12.9. The number of hydrogen-bond donors (Lipinski definition) is 0. The van der Waals surface area contributed by atoms with Crippen LogP contribution in [0.1, 0.15) is 6.92 Å². The third kappa shape index (κ3) is 1.51. The highest BCUT2D eigenvalue weighted by Crippen LogP contribution is 2.42. The molecule has 88 valence electrons. The molecule has 0 aromatic carbocycles. The Morgan fingerprint density at radius 3 is 1.27 bits per heavy atom. The SMILES string of the molecule is CC12CS(=O)(=O)C(S(=O)(=O)C1)S(=O)(=O)C2. The lowest BCUT2D eigenvalue weighted by Gasteiger charge is -2.41. The first-order chi connectivity index (χ1) is 6.49. The first-order valence-electron chi connectivity index (χ1n) is 4.13. The average molecular weight is 274 g/mol. The lowest BCUT2D eigenvalue weighted by molar-refractivity contribution is 0.430. The molecule has 2 bridgehead atoms. The van der Waals surface area contributed by atoms with Gasteiger partial charge in [0.25, 0.3) is 3.91 Å². The number of sulfone groups is 3. The summed E-state index contributed by atoms with van der Waals surface area (Å²) >= 11 is 0. The number of rotatable bonds is 0. The summed E-state index contributed by atoms with van der Waals surface area (Å²) in [5, 5.41) is 0. The molecule has 0 aromatic heterocycles. The van der Waals surface area contributed by atoms with Gasteiger partial charge in [0.15, 0.2) is 29.5 Å². The van der Waals surface area contributed by atoms with Crippen LogP contribution >= 0.6 is 0 Å². The Morgan fingerprint density at radius 1 is 0.800 bits per heavy atom. The van der Waals surface area contributed by atoms with Gasteiger partial charge in [-0.1, -0.05) is 6.92 Å². The van der Waals surface area contributed by atoms with E-state index in [-0.39, 0.29) is 17.3 Å². The Hall–Kier alpha value is -0.150. The van der Waals surface area contributed by atoms with Gasteiger partial charge in [0, 0.05) is 5.41 Å². The lowest BCUT2D eigenvalue weighted by atomic mass is 9.99. The second kappa shape index (κ2) is 2.57. The van der Waals surface area contributed by atoms with E-state index in [2.05, 4.69) is 0 Å². The summed E-state index contributed by atoms with van der Waals surface area (Å²) in [7, 11) is -12.2. The van der Waals surface area contributed by atoms with Crippen LogP contribution in [-0.2, 0) is 29.5 Å². The molecule has 0 amide bonds. The normalized spacial score (nSPS) is 45.0. The highest BCUT2D eigenvalue weighted by molar-refractivity contribution is 8.25. The molecule has 0 N–H and O–H groups in total. The Morgan fingerprint density at radius 2 is 1.07 bits per heavy atom. The van der Waals surface area contributed by atoms with Crippen molar-refractivity contribution in [3.05, 3.63) is 0 Å². The molecule has 3 rings (SSSR count). The van der Waals surface area contributed by atoms with Crippen molar-refractivity contribution >= 4 is 29.5 Å². The molecule has 0 radical (unpaired) electrons. The van der Waals surface area contributed by atoms with Gasteiger partial charge < -0.3 is 0 Å². The second-order valence-electron chi connectivity index (χ2n) is 4.52. The molecule has 0 saturated carbocycles. The minimum Gasteiger partial charge on any atom is -0.226 e. The molecule has 3 aliphatic heterocycles. The van der Waals surface area contributed by atoms with E-state index in [1.165, 1.54) is 6.92 Å². The molecule has 0 aromatic rings. The van der Waals surface area contributed by atoms with Crippen LogP contribution in [-0.4, -0.2) is 46.4 Å². The highest BCUT2D eigenvalue weighted by Gasteiger charge is 2.63. The predicted octanol–water partition coefficient (Wildman–Crippen LogP) is -1.45. The fraction of sp³-hybridized carbons (Fsp3) is 1.00. The van der Waals surface area contributed by atoms with E-state index in [4.69, 9.17) is 0 Å². The summed E-state index contributed by atoms with van der Waals surface area (Å²) in [6.07, 6.45) is 0. The van der Waals surface area contributed by atoms with Gasteiger partial charge in [-0.05, 0) is 0 Å². The van der Waals surface area contributed by atoms with Crippen molar-refractivity contribution in [1.29, 1.82) is 0 Å². The Balaban J connectivity index is 2.84. The molecule has 0 aliphatic carbocycles. The Labute approximate surface area is 88.4 Å². The molecule has 0 atom stereocenters. The van der Waals surface area contributed by atoms with E-state index in [0.717, 1.165) is 0 Å². The Bertz CT molecular complexity index is 519. The van der Waals surface area contributed by atoms with Crippen LogP contribution in [0.4, 0.5) is 0 Å². The first-order valence-corrected chi connectivity index (χ1v) is 9.28. The summed E-state index contributed by atoms with van der Waals surface area (Å²) in [6, 6.07) is 0. The van der Waals surface area contributed by atoms with E-state index in [9.17, 15) is 25.3 Å². The summed E-state index contributed by atoms with van der Waals surface area (Å²) in [6.45, 7) is 1.38. The van der Waals surface area contributed by atoms with Crippen LogP contribution in [0, 0.1) is 5.41 Å². The Kier molecular flexibility index (Phi) is 1.94. The molecule has 3 fully saturated rings. The van der Waals surface area contributed by atoms with Gasteiger partial charge in [0.05, 0.1) is 17.3 Å². The van der Waals surface area contributed by atoms with Crippen LogP contribution in [0.5, 0.6) is 0 Å². The standard InChI is InChI=1S/C6H10O6S3/c1-6-2-13(7,8)5(14(9,10)3-6)15(11,12)4-6/h5H,2-4H2,1H3. The zero-order valence-corrected chi connectivity index (χ0v) is 10.3. The molecule has 3 heterocycles. The molecular weight excluding hydrogens is 264 g/mol. The van der Waals surface area contributed by atoms with Crippen LogP contribution in [0.2, 0.25) is 0 Å². The summed E-state index contributed by atoms with van der Waals surface area (Å²) < 4.78 is 66.9. The molecule has 0 unspecified atom stereocenters. The van der Waals surface area contributed by atoms with Crippen LogP contribution in [0.15, 0.2) is 0 Å².